The molecule has 2 N–H and O–H groups in total. The molecule has 18 heavy (non-hydrogen) atoms. The van der Waals surface area contributed by atoms with Crippen molar-refractivity contribution in [3.05, 3.63) is 17.0 Å². The van der Waals surface area contributed by atoms with Gasteiger partial charge in [-0.1, -0.05) is 12.8 Å². The fourth-order valence-corrected chi connectivity index (χ4v) is 3.00. The number of aliphatic hydroxyl groups is 1. The Kier molecular flexibility index (Phi) is 4.40. The van der Waals surface area contributed by atoms with Crippen molar-refractivity contribution in [1.29, 1.82) is 0 Å². The monoisotopic (exact) mass is 251 g/mol. The Morgan fingerprint density at radius 3 is 2.67 bits per heavy atom. The Labute approximate surface area is 109 Å². The molecule has 1 heterocycles. The van der Waals surface area contributed by atoms with Crippen molar-refractivity contribution in [1.82, 2.24) is 15.1 Å². The summed E-state index contributed by atoms with van der Waals surface area (Å²) in [6, 6.07) is 0.461. The molecule has 2 atom stereocenters. The molecule has 0 aromatic carbocycles. The largest absolute Gasteiger partial charge is 0.396 e. The highest BCUT2D eigenvalue weighted by molar-refractivity contribution is 5.24. The van der Waals surface area contributed by atoms with Crippen LogP contribution in [0.25, 0.3) is 0 Å². The molecule has 0 aliphatic heterocycles. The zero-order valence-corrected chi connectivity index (χ0v) is 11.7. The van der Waals surface area contributed by atoms with E-state index in [4.69, 9.17) is 0 Å². The van der Waals surface area contributed by atoms with E-state index in [0.29, 0.717) is 18.6 Å². The lowest BCUT2D eigenvalue weighted by atomic mass is 9.85. The van der Waals surface area contributed by atoms with Crippen LogP contribution in [-0.4, -0.2) is 27.5 Å². The molecule has 4 heteroatoms. The third-order valence-corrected chi connectivity index (χ3v) is 4.34. The van der Waals surface area contributed by atoms with Gasteiger partial charge in [0.15, 0.2) is 0 Å². The lowest BCUT2D eigenvalue weighted by Crippen LogP contribution is -2.39. The normalized spacial score (nSPS) is 24.4. The van der Waals surface area contributed by atoms with E-state index in [2.05, 4.69) is 24.3 Å². The minimum Gasteiger partial charge on any atom is -0.396 e. The minimum absolute atomic E-state index is 0.308. The first-order valence-electron chi connectivity index (χ1n) is 6.96. The van der Waals surface area contributed by atoms with Gasteiger partial charge in [-0.3, -0.25) is 4.68 Å². The zero-order chi connectivity index (χ0) is 13.1. The van der Waals surface area contributed by atoms with E-state index in [1.807, 2.05) is 11.7 Å². The molecule has 1 aliphatic rings. The molecule has 1 saturated carbocycles. The van der Waals surface area contributed by atoms with Gasteiger partial charge < -0.3 is 10.4 Å². The maximum atomic E-state index is 9.42. The van der Waals surface area contributed by atoms with E-state index in [1.165, 1.54) is 30.5 Å². The van der Waals surface area contributed by atoms with Crippen LogP contribution in [0.5, 0.6) is 0 Å². The third kappa shape index (κ3) is 2.75. The average molecular weight is 251 g/mol. The maximum Gasteiger partial charge on any atom is 0.0641 e. The molecular formula is C14H25N3O. The van der Waals surface area contributed by atoms with Gasteiger partial charge in [0.25, 0.3) is 0 Å². The number of nitrogens with zero attached hydrogens (tertiary/aromatic N) is 2. The topological polar surface area (TPSA) is 50.1 Å². The lowest BCUT2D eigenvalue weighted by Gasteiger charge is -2.31. The van der Waals surface area contributed by atoms with E-state index in [9.17, 15) is 5.11 Å². The van der Waals surface area contributed by atoms with Crippen molar-refractivity contribution >= 4 is 0 Å². The summed E-state index contributed by atoms with van der Waals surface area (Å²) < 4.78 is 1.94. The van der Waals surface area contributed by atoms with Crippen LogP contribution in [0.1, 0.15) is 42.6 Å². The van der Waals surface area contributed by atoms with Crippen LogP contribution in [0.2, 0.25) is 0 Å². The molecule has 1 fully saturated rings. The molecule has 2 rings (SSSR count). The van der Waals surface area contributed by atoms with E-state index in [-0.39, 0.29) is 0 Å². The highest BCUT2D eigenvalue weighted by atomic mass is 16.3. The fourth-order valence-electron chi connectivity index (χ4n) is 3.00. The molecule has 1 aromatic heterocycles. The van der Waals surface area contributed by atoms with Crippen LogP contribution < -0.4 is 5.32 Å². The molecule has 1 aromatic rings. The Bertz CT molecular complexity index is 400. The summed E-state index contributed by atoms with van der Waals surface area (Å²) in [5.41, 5.74) is 3.65. The fraction of sp³-hybridized carbons (Fsp3) is 0.786. The molecular weight excluding hydrogens is 226 g/mol. The van der Waals surface area contributed by atoms with E-state index >= 15 is 0 Å². The zero-order valence-electron chi connectivity index (χ0n) is 11.7. The molecule has 2 unspecified atom stereocenters. The predicted molar refractivity (Wildman–Crippen MR) is 72.4 cm³/mol. The van der Waals surface area contributed by atoms with Gasteiger partial charge in [-0.15, -0.1) is 0 Å². The van der Waals surface area contributed by atoms with Gasteiger partial charge in [-0.25, -0.2) is 0 Å². The van der Waals surface area contributed by atoms with Gasteiger partial charge in [0.1, 0.15) is 0 Å². The van der Waals surface area contributed by atoms with Gasteiger partial charge in [0, 0.05) is 37.5 Å². The first-order chi connectivity index (χ1) is 8.63. The summed E-state index contributed by atoms with van der Waals surface area (Å²) in [5, 5.41) is 17.5. The van der Waals surface area contributed by atoms with Crippen molar-refractivity contribution in [2.75, 3.05) is 6.61 Å². The number of nitrogens with one attached hydrogen (secondary N) is 1. The average Bonchev–Trinajstić information content (AvgIpc) is 2.62. The first kappa shape index (κ1) is 13.6. The van der Waals surface area contributed by atoms with Gasteiger partial charge in [0.05, 0.1) is 5.69 Å². The number of aliphatic hydroxyl groups excluding tert-OH is 1. The Balaban J connectivity index is 1.98. The molecule has 4 nitrogen and oxygen atoms in total. The molecule has 0 amide bonds. The van der Waals surface area contributed by atoms with Gasteiger partial charge in [0.2, 0.25) is 0 Å². The summed E-state index contributed by atoms with van der Waals surface area (Å²) >= 11 is 0. The van der Waals surface area contributed by atoms with Crippen LogP contribution in [0, 0.1) is 19.8 Å². The second-order valence-corrected chi connectivity index (χ2v) is 5.49. The van der Waals surface area contributed by atoms with Crippen LogP contribution in [-0.2, 0) is 13.6 Å². The van der Waals surface area contributed by atoms with Crippen LogP contribution >= 0.6 is 0 Å². The van der Waals surface area contributed by atoms with Gasteiger partial charge >= 0.3 is 0 Å². The van der Waals surface area contributed by atoms with Crippen molar-refractivity contribution in [3.63, 3.8) is 0 Å². The minimum atomic E-state index is 0.308. The van der Waals surface area contributed by atoms with E-state index in [1.54, 1.807) is 0 Å². The quantitative estimate of drug-likeness (QED) is 0.856. The van der Waals surface area contributed by atoms with Crippen molar-refractivity contribution in [2.24, 2.45) is 13.0 Å². The first-order valence-corrected chi connectivity index (χ1v) is 6.96. The Morgan fingerprint density at radius 2 is 2.06 bits per heavy atom. The molecule has 0 bridgehead atoms. The van der Waals surface area contributed by atoms with Crippen molar-refractivity contribution < 1.29 is 5.11 Å². The lowest BCUT2D eigenvalue weighted by molar-refractivity contribution is 0.152. The highest BCUT2D eigenvalue weighted by Crippen LogP contribution is 2.24. The highest BCUT2D eigenvalue weighted by Gasteiger charge is 2.24. The second-order valence-electron chi connectivity index (χ2n) is 5.49. The summed E-state index contributed by atoms with van der Waals surface area (Å²) in [6.45, 7) is 5.35. The van der Waals surface area contributed by atoms with Crippen LogP contribution in [0.15, 0.2) is 0 Å². The third-order valence-electron chi connectivity index (χ3n) is 4.34. The van der Waals surface area contributed by atoms with E-state index in [0.717, 1.165) is 18.7 Å². The maximum absolute atomic E-state index is 9.42. The molecule has 0 spiro atoms. The Morgan fingerprint density at radius 1 is 1.33 bits per heavy atom. The van der Waals surface area contributed by atoms with Crippen molar-refractivity contribution in [3.8, 4) is 0 Å². The molecule has 1 aliphatic carbocycles. The second kappa shape index (κ2) is 5.85. The van der Waals surface area contributed by atoms with E-state index < -0.39 is 0 Å². The van der Waals surface area contributed by atoms with Gasteiger partial charge in [-0.05, 0) is 32.6 Å². The standard InChI is InChI=1S/C14H25N3O/c1-10-13(11(2)17(3)16-10)8-15-14-7-5-4-6-12(14)9-18/h12,14-15,18H,4-9H2,1-3H3. The summed E-state index contributed by atoms with van der Waals surface area (Å²) in [6.07, 6.45) is 4.87. The van der Waals surface area contributed by atoms with Crippen molar-refractivity contribution in [2.45, 2.75) is 52.1 Å². The molecule has 0 radical (unpaired) electrons. The molecule has 102 valence electrons. The Hall–Kier alpha value is -0.870. The number of aryl methyl sites for hydroxylation is 2. The summed E-state index contributed by atoms with van der Waals surface area (Å²) in [4.78, 5) is 0. The van der Waals surface area contributed by atoms with Crippen LogP contribution in [0.3, 0.4) is 0 Å². The predicted octanol–water partition coefficient (Wildman–Crippen LogP) is 1.68. The van der Waals surface area contributed by atoms with Crippen LogP contribution in [0.4, 0.5) is 0 Å². The van der Waals surface area contributed by atoms with Gasteiger partial charge in [-0.2, -0.15) is 5.10 Å². The SMILES string of the molecule is Cc1nn(C)c(C)c1CNC1CCCCC1CO. The summed E-state index contributed by atoms with van der Waals surface area (Å²) in [7, 11) is 1.99. The smallest absolute Gasteiger partial charge is 0.0641 e. The summed E-state index contributed by atoms with van der Waals surface area (Å²) in [5.74, 6) is 0.427. The number of hydrogen-bond donors (Lipinski definition) is 2. The molecule has 0 saturated heterocycles. The number of rotatable bonds is 4. The number of hydrogen-bond acceptors (Lipinski definition) is 3. The number of aromatic nitrogens is 2.